The Bertz CT molecular complexity index is 426. The number of hydrogen-bond donors (Lipinski definition) is 3. The first-order valence-corrected chi connectivity index (χ1v) is 4.40. The first-order chi connectivity index (χ1) is 7.84. The summed E-state index contributed by atoms with van der Waals surface area (Å²) in [6.45, 7) is 1.22. The Kier molecular flexibility index (Phi) is 5.80. The molecule has 0 spiro atoms. The van der Waals surface area contributed by atoms with Crippen molar-refractivity contribution in [1.29, 1.82) is 0 Å². The van der Waals surface area contributed by atoms with Crippen LogP contribution >= 0.6 is 0 Å². The Hall–Kier alpha value is -2.57. The van der Waals surface area contributed by atoms with E-state index in [0.717, 1.165) is 0 Å². The van der Waals surface area contributed by atoms with Crippen LogP contribution in [0.15, 0.2) is 24.3 Å². The molecule has 0 radical (unpaired) electrons. The molecule has 7 heteroatoms. The number of hydrogen-bond acceptors (Lipinski definition) is 4. The van der Waals surface area contributed by atoms with E-state index in [4.69, 9.17) is 9.90 Å². The number of esters is 1. The maximum absolute atomic E-state index is 10.6. The Morgan fingerprint density at radius 2 is 1.65 bits per heavy atom. The summed E-state index contributed by atoms with van der Waals surface area (Å²) >= 11 is 0. The number of para-hydroxylation sites is 1. The molecule has 0 heterocycles. The van der Waals surface area contributed by atoms with Gasteiger partial charge in [-0.1, -0.05) is 12.1 Å². The maximum Gasteiger partial charge on any atom is 0.339 e. The monoisotopic (exact) mass is 240 g/mol. The van der Waals surface area contributed by atoms with Crippen LogP contribution in [0, 0.1) is 0 Å². The molecule has 0 saturated heterocycles. The number of rotatable bonds is 2. The molecule has 2 amide bonds. The van der Waals surface area contributed by atoms with Gasteiger partial charge in [-0.05, 0) is 12.1 Å². The summed E-state index contributed by atoms with van der Waals surface area (Å²) in [7, 11) is 0. The van der Waals surface area contributed by atoms with Gasteiger partial charge >= 0.3 is 18.0 Å². The standard InChI is InChI=1S/C9H8O4.CH4N2O/c1-6(10)13-8-5-3-2-4-7(8)9(11)12;2-1(3)4/h2-5H,1H3,(H,11,12);(H4,2,3,4). The molecule has 0 unspecified atom stereocenters. The average Bonchev–Trinajstić information content (AvgIpc) is 2.16. The Morgan fingerprint density at radius 3 is 2.06 bits per heavy atom. The van der Waals surface area contributed by atoms with Crippen molar-refractivity contribution in [3.8, 4) is 5.75 Å². The summed E-state index contributed by atoms with van der Waals surface area (Å²) in [6, 6.07) is 5.15. The van der Waals surface area contributed by atoms with E-state index in [0.29, 0.717) is 0 Å². The number of carboxylic acids is 1. The lowest BCUT2D eigenvalue weighted by molar-refractivity contribution is -0.131. The molecule has 5 N–H and O–H groups in total. The van der Waals surface area contributed by atoms with E-state index in [2.05, 4.69) is 16.2 Å². The highest BCUT2D eigenvalue weighted by atomic mass is 16.5. The van der Waals surface area contributed by atoms with E-state index in [9.17, 15) is 9.59 Å². The molecule has 92 valence electrons. The summed E-state index contributed by atoms with van der Waals surface area (Å²) < 4.78 is 4.69. The summed E-state index contributed by atoms with van der Waals surface area (Å²) in [6.07, 6.45) is 0. The second kappa shape index (κ2) is 6.83. The predicted octanol–water partition coefficient (Wildman–Crippen LogP) is 0.334. The van der Waals surface area contributed by atoms with Crippen LogP contribution in [0.4, 0.5) is 4.79 Å². The number of carbonyl (C=O) groups is 3. The van der Waals surface area contributed by atoms with Gasteiger partial charge in [0.2, 0.25) is 0 Å². The van der Waals surface area contributed by atoms with E-state index in [1.54, 1.807) is 12.1 Å². The molecule has 7 nitrogen and oxygen atoms in total. The smallest absolute Gasteiger partial charge is 0.339 e. The van der Waals surface area contributed by atoms with Crippen LogP contribution < -0.4 is 16.2 Å². The largest absolute Gasteiger partial charge is 0.478 e. The van der Waals surface area contributed by atoms with Gasteiger partial charge in [0.25, 0.3) is 0 Å². The van der Waals surface area contributed by atoms with Gasteiger partial charge in [-0.2, -0.15) is 0 Å². The van der Waals surface area contributed by atoms with E-state index < -0.39 is 18.0 Å². The molecule has 0 aliphatic heterocycles. The number of ether oxygens (including phenoxy) is 1. The summed E-state index contributed by atoms with van der Waals surface area (Å²) in [5.41, 5.74) is 8.48. The molecule has 1 aromatic rings. The molecular weight excluding hydrogens is 228 g/mol. The summed E-state index contributed by atoms with van der Waals surface area (Å²) in [5, 5.41) is 8.69. The fourth-order valence-electron chi connectivity index (χ4n) is 0.887. The third kappa shape index (κ3) is 6.50. The number of carboxylic acid groups (broad SMARTS) is 1. The first-order valence-electron chi connectivity index (χ1n) is 4.40. The van der Waals surface area contributed by atoms with Crippen molar-refractivity contribution in [3.63, 3.8) is 0 Å². The van der Waals surface area contributed by atoms with Gasteiger partial charge < -0.3 is 21.3 Å². The lowest BCUT2D eigenvalue weighted by Gasteiger charge is -2.03. The maximum atomic E-state index is 10.6. The fraction of sp³-hybridized carbons (Fsp3) is 0.100. The Balaban J connectivity index is 0.000000557. The van der Waals surface area contributed by atoms with E-state index in [1.807, 2.05) is 0 Å². The lowest BCUT2D eigenvalue weighted by Crippen LogP contribution is -2.18. The molecule has 0 aliphatic rings. The molecule has 0 bridgehead atoms. The van der Waals surface area contributed by atoms with Gasteiger partial charge in [0, 0.05) is 6.92 Å². The van der Waals surface area contributed by atoms with Crippen molar-refractivity contribution < 1.29 is 24.2 Å². The first kappa shape index (κ1) is 14.4. The van der Waals surface area contributed by atoms with E-state index in [1.165, 1.54) is 19.1 Å². The van der Waals surface area contributed by atoms with Gasteiger partial charge in [-0.25, -0.2) is 9.59 Å². The van der Waals surface area contributed by atoms with Gasteiger partial charge in [0.15, 0.2) is 0 Å². The quantitative estimate of drug-likeness (QED) is 0.506. The molecule has 1 rings (SSSR count). The van der Waals surface area contributed by atoms with E-state index in [-0.39, 0.29) is 11.3 Å². The van der Waals surface area contributed by atoms with Crippen molar-refractivity contribution in [1.82, 2.24) is 0 Å². The second-order valence-corrected chi connectivity index (χ2v) is 2.80. The molecule has 0 saturated carbocycles. The molecule has 0 aromatic heterocycles. The Morgan fingerprint density at radius 1 is 1.18 bits per heavy atom. The van der Waals surface area contributed by atoms with Gasteiger partial charge in [0.05, 0.1) is 0 Å². The topological polar surface area (TPSA) is 133 Å². The molecular formula is C10H12N2O5. The van der Waals surface area contributed by atoms with Gasteiger partial charge in [0.1, 0.15) is 11.3 Å². The number of urea groups is 1. The highest BCUT2D eigenvalue weighted by molar-refractivity contribution is 5.91. The average molecular weight is 240 g/mol. The van der Waals surface area contributed by atoms with Gasteiger partial charge in [-0.3, -0.25) is 4.79 Å². The predicted molar refractivity (Wildman–Crippen MR) is 58.5 cm³/mol. The highest BCUT2D eigenvalue weighted by Gasteiger charge is 2.10. The highest BCUT2D eigenvalue weighted by Crippen LogP contribution is 2.17. The normalized spacial score (nSPS) is 8.53. The number of amides is 2. The SMILES string of the molecule is CC(=O)Oc1ccccc1C(=O)O.NC(N)=O. The molecule has 0 fully saturated rings. The minimum atomic E-state index is -1.11. The number of primary amides is 2. The molecule has 0 aliphatic carbocycles. The molecule has 17 heavy (non-hydrogen) atoms. The third-order valence-corrected chi connectivity index (χ3v) is 1.37. The fourth-order valence-corrected chi connectivity index (χ4v) is 0.887. The van der Waals surface area contributed by atoms with Crippen molar-refractivity contribution in [2.75, 3.05) is 0 Å². The molecule has 1 aromatic carbocycles. The van der Waals surface area contributed by atoms with Crippen LogP contribution in [0.5, 0.6) is 5.75 Å². The van der Waals surface area contributed by atoms with Crippen LogP contribution in [0.1, 0.15) is 17.3 Å². The summed E-state index contributed by atoms with van der Waals surface area (Å²) in [5.74, 6) is -1.58. The third-order valence-electron chi connectivity index (χ3n) is 1.37. The lowest BCUT2D eigenvalue weighted by atomic mass is 10.2. The molecule has 0 atom stereocenters. The van der Waals surface area contributed by atoms with Crippen LogP contribution in [0.2, 0.25) is 0 Å². The van der Waals surface area contributed by atoms with Crippen molar-refractivity contribution in [3.05, 3.63) is 29.8 Å². The minimum Gasteiger partial charge on any atom is -0.478 e. The number of carbonyl (C=O) groups excluding carboxylic acids is 2. The summed E-state index contributed by atoms with van der Waals surface area (Å²) in [4.78, 5) is 30.2. The zero-order valence-corrected chi connectivity index (χ0v) is 9.04. The number of benzene rings is 1. The van der Waals surface area contributed by atoms with Crippen LogP contribution in [-0.2, 0) is 4.79 Å². The zero-order valence-electron chi connectivity index (χ0n) is 9.04. The Labute approximate surface area is 97.0 Å². The van der Waals surface area contributed by atoms with Crippen LogP contribution in [0.25, 0.3) is 0 Å². The van der Waals surface area contributed by atoms with Crippen LogP contribution in [0.3, 0.4) is 0 Å². The van der Waals surface area contributed by atoms with Crippen LogP contribution in [-0.4, -0.2) is 23.1 Å². The van der Waals surface area contributed by atoms with Crippen molar-refractivity contribution in [2.24, 2.45) is 11.5 Å². The number of nitrogens with two attached hydrogens (primary N) is 2. The van der Waals surface area contributed by atoms with E-state index >= 15 is 0 Å². The van der Waals surface area contributed by atoms with Gasteiger partial charge in [-0.15, -0.1) is 0 Å². The minimum absolute atomic E-state index is 0.0160. The number of aromatic carboxylic acids is 1. The zero-order chi connectivity index (χ0) is 13.4. The van der Waals surface area contributed by atoms with Crippen molar-refractivity contribution >= 4 is 18.0 Å². The van der Waals surface area contributed by atoms with Crippen molar-refractivity contribution in [2.45, 2.75) is 6.92 Å². The second-order valence-electron chi connectivity index (χ2n) is 2.80.